The molecule has 0 aliphatic rings. The van der Waals surface area contributed by atoms with Gasteiger partial charge in [-0.05, 0) is 47.8 Å². The molecule has 0 aliphatic carbocycles. The Morgan fingerprint density at radius 2 is 1.85 bits per heavy atom. The largest absolute Gasteiger partial charge is 0.395 e. The van der Waals surface area contributed by atoms with Gasteiger partial charge >= 0.3 is 0 Å². The number of nitrogens with one attached hydrogen (secondary N) is 1. The van der Waals surface area contributed by atoms with Crippen molar-refractivity contribution >= 4 is 40.6 Å². The number of para-hydroxylation sites is 1. The molecule has 0 fully saturated rings. The van der Waals surface area contributed by atoms with Crippen LogP contribution >= 0.6 is 11.5 Å². The molecule has 0 radical (unpaired) electrons. The second-order valence-corrected chi connectivity index (χ2v) is 8.11. The van der Waals surface area contributed by atoms with Crippen molar-refractivity contribution in [1.29, 1.82) is 0 Å². The third-order valence-electron chi connectivity index (χ3n) is 5.05. The van der Waals surface area contributed by atoms with Gasteiger partial charge in [0.15, 0.2) is 5.69 Å². The second-order valence-electron chi connectivity index (χ2n) is 7.34. The minimum atomic E-state index is -1.19. The summed E-state index contributed by atoms with van der Waals surface area (Å²) in [6, 6.07) is 11.1. The summed E-state index contributed by atoms with van der Waals surface area (Å²) in [6.07, 6.45) is 0. The highest BCUT2D eigenvalue weighted by Crippen LogP contribution is 2.34. The molecule has 0 saturated heterocycles. The summed E-state index contributed by atoms with van der Waals surface area (Å²) < 4.78 is 22.6. The lowest BCUT2D eigenvalue weighted by Crippen LogP contribution is -2.45. The van der Waals surface area contributed by atoms with Crippen LogP contribution in [0.2, 0.25) is 0 Å². The maximum Gasteiger partial charge on any atom is 0.273 e. The van der Waals surface area contributed by atoms with Gasteiger partial charge in [0.25, 0.3) is 11.8 Å². The number of anilines is 2. The number of rotatable bonds is 9. The third-order valence-corrected chi connectivity index (χ3v) is 5.90. The van der Waals surface area contributed by atoms with Crippen molar-refractivity contribution in [2.24, 2.45) is 5.73 Å². The minimum absolute atomic E-state index is 0.0474. The van der Waals surface area contributed by atoms with Crippen LogP contribution in [0.25, 0.3) is 0 Å². The molecule has 2 aromatic carbocycles. The Morgan fingerprint density at radius 1 is 1.18 bits per heavy atom. The molecule has 1 heterocycles. The Hall–Kier alpha value is -3.83. The highest BCUT2D eigenvalue weighted by molar-refractivity contribution is 7.09. The summed E-state index contributed by atoms with van der Waals surface area (Å²) in [5.74, 6) is -2.54. The van der Waals surface area contributed by atoms with E-state index in [4.69, 9.17) is 16.2 Å². The van der Waals surface area contributed by atoms with Crippen LogP contribution in [0.15, 0.2) is 48.5 Å². The lowest BCUT2D eigenvalue weighted by molar-refractivity contribution is -0.122. The number of aromatic nitrogens is 1. The van der Waals surface area contributed by atoms with E-state index < -0.39 is 29.6 Å². The minimum Gasteiger partial charge on any atom is -0.395 e. The summed E-state index contributed by atoms with van der Waals surface area (Å²) in [4.78, 5) is 40.1. The van der Waals surface area contributed by atoms with Crippen molar-refractivity contribution in [2.45, 2.75) is 13.0 Å². The van der Waals surface area contributed by atoms with E-state index in [1.165, 1.54) is 36.3 Å². The quantitative estimate of drug-likeness (QED) is 0.398. The van der Waals surface area contributed by atoms with Crippen LogP contribution in [0.5, 0.6) is 0 Å². The number of nitrogen functional groups attached to an aromatic ring is 1. The number of hydrogen-bond acceptors (Lipinski definition) is 7. The van der Waals surface area contributed by atoms with E-state index in [-0.39, 0.29) is 29.4 Å². The van der Waals surface area contributed by atoms with Crippen LogP contribution in [-0.2, 0) is 9.53 Å². The number of amides is 3. The predicted molar refractivity (Wildman–Crippen MR) is 127 cm³/mol. The Kier molecular flexibility index (Phi) is 7.92. The van der Waals surface area contributed by atoms with Crippen LogP contribution in [0.1, 0.15) is 37.3 Å². The third kappa shape index (κ3) is 5.21. The zero-order valence-electron chi connectivity index (χ0n) is 18.6. The normalized spacial score (nSPS) is 11.6. The van der Waals surface area contributed by atoms with Crippen molar-refractivity contribution < 1.29 is 23.5 Å². The number of nitrogens with two attached hydrogens (primary N) is 2. The highest BCUT2D eigenvalue weighted by atomic mass is 32.1. The molecule has 9 nitrogen and oxygen atoms in total. The first-order valence-corrected chi connectivity index (χ1v) is 11.0. The van der Waals surface area contributed by atoms with Gasteiger partial charge in [0, 0.05) is 19.3 Å². The number of ether oxygens (including phenoxy) is 1. The monoisotopic (exact) mass is 485 g/mol. The Bertz CT molecular complexity index is 1200. The number of methoxy groups -OCH3 is 1. The molecule has 3 aromatic rings. The molecule has 34 heavy (non-hydrogen) atoms. The number of carbonyl (C=O) groups excluding carboxylic acids is 3. The Labute approximate surface area is 199 Å². The molecule has 3 rings (SSSR count). The van der Waals surface area contributed by atoms with Crippen molar-refractivity contribution in [3.05, 3.63) is 76.0 Å². The summed E-state index contributed by atoms with van der Waals surface area (Å²) >= 11 is 0.711. The van der Waals surface area contributed by atoms with E-state index in [1.807, 2.05) is 0 Å². The van der Waals surface area contributed by atoms with Gasteiger partial charge in [-0.2, -0.15) is 4.37 Å². The van der Waals surface area contributed by atoms with Gasteiger partial charge in [0.05, 0.1) is 12.3 Å². The predicted octanol–water partition coefficient (Wildman–Crippen LogP) is 2.42. The lowest BCUT2D eigenvalue weighted by Gasteiger charge is -2.32. The summed E-state index contributed by atoms with van der Waals surface area (Å²) in [6.45, 7) is 2.23. The summed E-state index contributed by atoms with van der Waals surface area (Å²) in [7, 11) is 1.50. The number of aryl methyl sites for hydroxylation is 1. The number of benzene rings is 2. The first kappa shape index (κ1) is 24.8. The number of hydrogen-bond donors (Lipinski definition) is 3. The number of halogens is 1. The van der Waals surface area contributed by atoms with Gasteiger partial charge in [0.1, 0.15) is 16.7 Å². The molecule has 0 bridgehead atoms. The second kappa shape index (κ2) is 10.9. The highest BCUT2D eigenvalue weighted by Gasteiger charge is 2.36. The van der Waals surface area contributed by atoms with Crippen LogP contribution < -0.4 is 21.7 Å². The van der Waals surface area contributed by atoms with Gasteiger partial charge < -0.3 is 21.5 Å². The maximum absolute atomic E-state index is 13.9. The van der Waals surface area contributed by atoms with Crippen LogP contribution in [0.4, 0.5) is 15.8 Å². The molecule has 0 unspecified atom stereocenters. The van der Waals surface area contributed by atoms with Crippen LogP contribution in [0.3, 0.4) is 0 Å². The van der Waals surface area contributed by atoms with Gasteiger partial charge in [0.2, 0.25) is 5.91 Å². The van der Waals surface area contributed by atoms with Crippen molar-refractivity contribution in [3.8, 4) is 0 Å². The molecular weight excluding hydrogens is 461 g/mol. The fraction of sp³-hybridized carbons (Fsp3) is 0.217. The van der Waals surface area contributed by atoms with E-state index in [0.717, 1.165) is 0 Å². The smallest absolute Gasteiger partial charge is 0.273 e. The summed E-state index contributed by atoms with van der Waals surface area (Å²) in [5.41, 5.74) is 12.4. The zero-order valence-corrected chi connectivity index (χ0v) is 19.4. The molecule has 1 atom stereocenters. The Balaban J connectivity index is 2.19. The molecular formula is C23H24FN5O4S. The molecule has 0 saturated carbocycles. The first-order chi connectivity index (χ1) is 16.3. The van der Waals surface area contributed by atoms with E-state index in [2.05, 4.69) is 9.69 Å². The molecule has 1 aromatic heterocycles. The maximum atomic E-state index is 13.9. The van der Waals surface area contributed by atoms with E-state index in [9.17, 15) is 18.8 Å². The van der Waals surface area contributed by atoms with Gasteiger partial charge in [-0.1, -0.05) is 30.3 Å². The summed E-state index contributed by atoms with van der Waals surface area (Å²) in [5, 5.41) is 2.74. The molecule has 11 heteroatoms. The van der Waals surface area contributed by atoms with Crippen molar-refractivity contribution in [3.63, 3.8) is 0 Å². The van der Waals surface area contributed by atoms with E-state index >= 15 is 0 Å². The average molecular weight is 486 g/mol. The molecule has 0 aliphatic heterocycles. The zero-order chi connectivity index (χ0) is 24.8. The lowest BCUT2D eigenvalue weighted by atomic mass is 10.0. The van der Waals surface area contributed by atoms with Gasteiger partial charge in [-0.15, -0.1) is 0 Å². The van der Waals surface area contributed by atoms with Crippen molar-refractivity contribution in [2.75, 3.05) is 30.9 Å². The molecule has 0 spiro atoms. The Morgan fingerprint density at radius 3 is 2.44 bits per heavy atom. The van der Waals surface area contributed by atoms with Crippen molar-refractivity contribution in [1.82, 2.24) is 9.69 Å². The van der Waals surface area contributed by atoms with Gasteiger partial charge in [-0.25, -0.2) is 4.39 Å². The fourth-order valence-electron chi connectivity index (χ4n) is 3.37. The topological polar surface area (TPSA) is 141 Å². The van der Waals surface area contributed by atoms with Crippen LogP contribution in [-0.4, -0.2) is 42.4 Å². The molecule has 5 N–H and O–H groups in total. The number of carbonyl (C=O) groups is 3. The van der Waals surface area contributed by atoms with Gasteiger partial charge in [-0.3, -0.25) is 19.3 Å². The molecule has 3 amide bonds. The standard InChI is InChI=1S/C23H24FN5O4S/c1-13-5-3-4-6-16(13)29(23(32)20-17(25)18(21(26)30)28-34-20)19(22(31)27-11-12-33-2)14-7-9-15(24)10-8-14/h3-10,19H,11-12,25H2,1-2H3,(H2,26,30)(H,27,31)/t19-/m1/s1. The SMILES string of the molecule is COCCNC(=O)[C@@H](c1ccc(F)cc1)N(C(=O)c1snc(C(N)=O)c1N)c1ccccc1C. The number of primary amides is 1. The fourth-order valence-corrected chi connectivity index (χ4v) is 4.12. The molecule has 178 valence electrons. The van der Waals surface area contributed by atoms with E-state index in [1.54, 1.807) is 31.2 Å². The van der Waals surface area contributed by atoms with E-state index in [0.29, 0.717) is 28.3 Å². The first-order valence-electron chi connectivity index (χ1n) is 10.2. The van der Waals surface area contributed by atoms with Crippen LogP contribution in [0, 0.1) is 12.7 Å². The average Bonchev–Trinajstić information content (AvgIpc) is 3.20. The number of nitrogens with zero attached hydrogens (tertiary/aromatic N) is 2.